The molecule has 4 heteroatoms. The number of nitrogens with zero attached hydrogens (tertiary/aromatic N) is 1. The van der Waals surface area contributed by atoms with E-state index in [-0.39, 0.29) is 6.04 Å². The topological polar surface area (TPSA) is 32.3 Å². The molecule has 1 saturated heterocycles. The van der Waals surface area contributed by atoms with Gasteiger partial charge in [-0.1, -0.05) is 19.8 Å². The maximum Gasteiger partial charge on any atom is 0.240 e. The van der Waals surface area contributed by atoms with Crippen molar-refractivity contribution in [3.05, 3.63) is 0 Å². The van der Waals surface area contributed by atoms with Gasteiger partial charge in [0.05, 0.1) is 6.04 Å². The van der Waals surface area contributed by atoms with Gasteiger partial charge in [-0.05, 0) is 37.9 Å². The van der Waals surface area contributed by atoms with Gasteiger partial charge in [0.1, 0.15) is 0 Å². The predicted octanol–water partition coefficient (Wildman–Crippen LogP) is 2.40. The summed E-state index contributed by atoms with van der Waals surface area (Å²) in [6.07, 6.45) is 8.75. The third-order valence-corrected chi connectivity index (χ3v) is 6.05. The first-order valence-corrected chi connectivity index (χ1v) is 9.02. The first-order valence-electron chi connectivity index (χ1n) is 7.97. The van der Waals surface area contributed by atoms with Gasteiger partial charge in [0.15, 0.2) is 0 Å². The molecule has 0 spiro atoms. The molecule has 3 nitrogen and oxygen atoms in total. The highest BCUT2D eigenvalue weighted by molar-refractivity contribution is 7.99. The standard InChI is InChI=1S/C15H26N2OS/c1-2-19-14-6-4-3-5-12(14)16-13-9-10-17(15(13)18)11-7-8-11/h11-14,16H,2-10H2,1H3/t12-,13+,14-/m1/s1. The fraction of sp³-hybridized carbons (Fsp3) is 0.933. The van der Waals surface area contributed by atoms with Crippen LogP contribution in [-0.4, -0.2) is 46.5 Å². The largest absolute Gasteiger partial charge is 0.338 e. The Labute approximate surface area is 120 Å². The van der Waals surface area contributed by atoms with Crippen LogP contribution in [-0.2, 0) is 4.79 Å². The number of carbonyl (C=O) groups is 1. The SMILES string of the molecule is CCS[C@@H]1CCCC[C@H]1N[C@H]1CCN(C2CC2)C1=O. The Hall–Kier alpha value is -0.220. The lowest BCUT2D eigenvalue weighted by molar-refractivity contribution is -0.130. The van der Waals surface area contributed by atoms with E-state index >= 15 is 0 Å². The van der Waals surface area contributed by atoms with Crippen LogP contribution in [0.5, 0.6) is 0 Å². The van der Waals surface area contributed by atoms with E-state index < -0.39 is 0 Å². The fourth-order valence-corrected chi connectivity index (χ4v) is 4.77. The van der Waals surface area contributed by atoms with Crippen LogP contribution in [0.15, 0.2) is 0 Å². The van der Waals surface area contributed by atoms with Crippen molar-refractivity contribution in [2.24, 2.45) is 0 Å². The minimum absolute atomic E-state index is 0.114. The molecule has 1 N–H and O–H groups in total. The molecule has 1 heterocycles. The van der Waals surface area contributed by atoms with Crippen molar-refractivity contribution in [1.82, 2.24) is 10.2 Å². The molecule has 0 radical (unpaired) electrons. The zero-order valence-electron chi connectivity index (χ0n) is 11.9. The van der Waals surface area contributed by atoms with Crippen molar-refractivity contribution < 1.29 is 4.79 Å². The molecule has 0 bridgehead atoms. The Morgan fingerprint density at radius 1 is 1.21 bits per heavy atom. The van der Waals surface area contributed by atoms with Crippen LogP contribution in [0, 0.1) is 0 Å². The van der Waals surface area contributed by atoms with Gasteiger partial charge >= 0.3 is 0 Å². The van der Waals surface area contributed by atoms with Gasteiger partial charge < -0.3 is 10.2 Å². The van der Waals surface area contributed by atoms with Crippen molar-refractivity contribution >= 4 is 17.7 Å². The molecule has 3 rings (SSSR count). The third kappa shape index (κ3) is 3.10. The summed E-state index contributed by atoms with van der Waals surface area (Å²) in [5.74, 6) is 1.57. The molecule has 0 aromatic heterocycles. The number of thioether (sulfide) groups is 1. The van der Waals surface area contributed by atoms with Crippen LogP contribution < -0.4 is 5.32 Å². The van der Waals surface area contributed by atoms with E-state index in [1.54, 1.807) is 0 Å². The summed E-state index contributed by atoms with van der Waals surface area (Å²) in [6.45, 7) is 3.23. The smallest absolute Gasteiger partial charge is 0.240 e. The molecule has 2 aliphatic carbocycles. The number of carbonyl (C=O) groups excluding carboxylic acids is 1. The van der Waals surface area contributed by atoms with Crippen molar-refractivity contribution in [3.63, 3.8) is 0 Å². The highest BCUT2D eigenvalue weighted by atomic mass is 32.2. The monoisotopic (exact) mass is 282 g/mol. The van der Waals surface area contributed by atoms with Crippen LogP contribution >= 0.6 is 11.8 Å². The summed E-state index contributed by atoms with van der Waals surface area (Å²) >= 11 is 2.08. The van der Waals surface area contributed by atoms with E-state index in [1.807, 2.05) is 0 Å². The molecule has 108 valence electrons. The van der Waals surface area contributed by atoms with Crippen LogP contribution in [0.4, 0.5) is 0 Å². The Morgan fingerprint density at radius 2 is 2.00 bits per heavy atom. The van der Waals surface area contributed by atoms with Gasteiger partial charge in [0, 0.05) is 23.9 Å². The minimum atomic E-state index is 0.114. The Morgan fingerprint density at radius 3 is 2.74 bits per heavy atom. The van der Waals surface area contributed by atoms with Gasteiger partial charge in [0.25, 0.3) is 0 Å². The van der Waals surface area contributed by atoms with Crippen LogP contribution in [0.2, 0.25) is 0 Å². The second-order valence-corrected chi connectivity index (χ2v) is 7.67. The van der Waals surface area contributed by atoms with E-state index in [4.69, 9.17) is 0 Å². The van der Waals surface area contributed by atoms with Gasteiger partial charge in [-0.2, -0.15) is 11.8 Å². The summed E-state index contributed by atoms with van der Waals surface area (Å²) in [6, 6.07) is 1.27. The quantitative estimate of drug-likeness (QED) is 0.840. The molecule has 1 amide bonds. The minimum Gasteiger partial charge on any atom is -0.338 e. The second-order valence-electron chi connectivity index (χ2n) is 6.16. The highest BCUT2D eigenvalue weighted by Crippen LogP contribution is 2.33. The predicted molar refractivity (Wildman–Crippen MR) is 80.5 cm³/mol. The molecule has 0 unspecified atom stereocenters. The maximum absolute atomic E-state index is 12.4. The van der Waals surface area contributed by atoms with Crippen LogP contribution in [0.1, 0.15) is 51.9 Å². The average molecular weight is 282 g/mol. The Kier molecular flexibility index (Phi) is 4.37. The molecule has 19 heavy (non-hydrogen) atoms. The molecule has 3 fully saturated rings. The first-order chi connectivity index (χ1) is 9.29. The van der Waals surface area contributed by atoms with Crippen LogP contribution in [0.3, 0.4) is 0 Å². The number of hydrogen-bond acceptors (Lipinski definition) is 3. The summed E-state index contributed by atoms with van der Waals surface area (Å²) in [5, 5.41) is 4.43. The molecule has 3 aliphatic rings. The van der Waals surface area contributed by atoms with E-state index in [0.717, 1.165) is 18.2 Å². The number of nitrogens with one attached hydrogen (secondary N) is 1. The molecule has 1 aliphatic heterocycles. The lowest BCUT2D eigenvalue weighted by Gasteiger charge is -2.33. The lowest BCUT2D eigenvalue weighted by Crippen LogP contribution is -2.49. The van der Waals surface area contributed by atoms with E-state index in [0.29, 0.717) is 18.0 Å². The number of hydrogen-bond donors (Lipinski definition) is 1. The van der Waals surface area contributed by atoms with Crippen molar-refractivity contribution in [1.29, 1.82) is 0 Å². The number of likely N-dealkylation sites (tertiary alicyclic amines) is 1. The number of rotatable bonds is 5. The van der Waals surface area contributed by atoms with Crippen LogP contribution in [0.25, 0.3) is 0 Å². The average Bonchev–Trinajstić information content (AvgIpc) is 3.19. The first kappa shape index (κ1) is 13.7. The summed E-state index contributed by atoms with van der Waals surface area (Å²) in [7, 11) is 0. The zero-order valence-corrected chi connectivity index (χ0v) is 12.8. The summed E-state index contributed by atoms with van der Waals surface area (Å²) in [4.78, 5) is 14.5. The molecular formula is C15H26N2OS. The van der Waals surface area contributed by atoms with Gasteiger partial charge in [-0.3, -0.25) is 4.79 Å². The fourth-order valence-electron chi connectivity index (χ4n) is 3.56. The molecule has 3 atom stereocenters. The van der Waals surface area contributed by atoms with Crippen molar-refractivity contribution in [2.45, 2.75) is 75.2 Å². The molecular weight excluding hydrogens is 256 g/mol. The van der Waals surface area contributed by atoms with Gasteiger partial charge in [-0.25, -0.2) is 0 Å². The molecule has 0 aromatic carbocycles. The molecule has 2 saturated carbocycles. The second kappa shape index (κ2) is 6.04. The van der Waals surface area contributed by atoms with E-state index in [9.17, 15) is 4.79 Å². The molecule has 0 aromatic rings. The van der Waals surface area contributed by atoms with Crippen molar-refractivity contribution in [2.75, 3.05) is 12.3 Å². The Balaban J connectivity index is 1.56. The van der Waals surface area contributed by atoms with E-state index in [2.05, 4.69) is 28.9 Å². The van der Waals surface area contributed by atoms with Gasteiger partial charge in [0.2, 0.25) is 5.91 Å². The third-order valence-electron chi connectivity index (χ3n) is 4.73. The lowest BCUT2D eigenvalue weighted by atomic mass is 9.94. The summed E-state index contributed by atoms with van der Waals surface area (Å²) in [5.41, 5.74) is 0. The maximum atomic E-state index is 12.4. The summed E-state index contributed by atoms with van der Waals surface area (Å²) < 4.78 is 0. The zero-order chi connectivity index (χ0) is 13.2. The highest BCUT2D eigenvalue weighted by Gasteiger charge is 2.41. The number of amides is 1. The van der Waals surface area contributed by atoms with Gasteiger partial charge in [-0.15, -0.1) is 0 Å². The Bertz CT molecular complexity index is 330. The van der Waals surface area contributed by atoms with Crippen molar-refractivity contribution in [3.8, 4) is 0 Å². The van der Waals surface area contributed by atoms with E-state index in [1.165, 1.54) is 44.3 Å². The normalized spacial score (nSPS) is 35.9.